The van der Waals surface area contributed by atoms with E-state index in [9.17, 15) is 14.9 Å². The SMILES string of the molecule is N#CCC1(COc2ccc([N+](=O)[O-])cc2C=O)CC1. The molecule has 0 bridgehead atoms. The maximum absolute atomic E-state index is 10.9. The standard InChI is InChI=1S/C13H12N2O4/c14-6-5-13(3-4-13)9-19-12-2-1-11(15(17)18)7-10(12)8-16/h1-2,7-8H,3-5,9H2. The van der Waals surface area contributed by atoms with Crippen LogP contribution in [0.3, 0.4) is 0 Å². The topological polar surface area (TPSA) is 93.2 Å². The number of nitro groups is 1. The Hall–Kier alpha value is -2.42. The van der Waals surface area contributed by atoms with Crippen molar-refractivity contribution in [3.8, 4) is 11.8 Å². The van der Waals surface area contributed by atoms with Gasteiger partial charge < -0.3 is 4.74 Å². The van der Waals surface area contributed by atoms with Crippen LogP contribution in [-0.4, -0.2) is 17.8 Å². The van der Waals surface area contributed by atoms with Gasteiger partial charge in [0.2, 0.25) is 0 Å². The van der Waals surface area contributed by atoms with E-state index in [-0.39, 0.29) is 16.7 Å². The predicted octanol–water partition coefficient (Wildman–Crippen LogP) is 2.48. The molecule has 19 heavy (non-hydrogen) atoms. The van der Waals surface area contributed by atoms with E-state index in [2.05, 4.69) is 6.07 Å². The molecule has 2 rings (SSSR count). The molecular weight excluding hydrogens is 248 g/mol. The molecule has 1 fully saturated rings. The summed E-state index contributed by atoms with van der Waals surface area (Å²) < 4.78 is 5.54. The number of rotatable bonds is 6. The van der Waals surface area contributed by atoms with Crippen molar-refractivity contribution in [1.82, 2.24) is 0 Å². The van der Waals surface area contributed by atoms with Crippen LogP contribution in [0, 0.1) is 26.9 Å². The number of benzene rings is 1. The molecule has 1 aromatic rings. The van der Waals surface area contributed by atoms with E-state index < -0.39 is 4.92 Å². The highest BCUT2D eigenvalue weighted by molar-refractivity contribution is 5.80. The lowest BCUT2D eigenvalue weighted by Crippen LogP contribution is -2.13. The van der Waals surface area contributed by atoms with Crippen LogP contribution in [0.1, 0.15) is 29.6 Å². The number of nitro benzene ring substituents is 1. The molecule has 1 aliphatic carbocycles. The maximum Gasteiger partial charge on any atom is 0.270 e. The van der Waals surface area contributed by atoms with Crippen molar-refractivity contribution in [1.29, 1.82) is 5.26 Å². The quantitative estimate of drug-likeness (QED) is 0.445. The molecule has 0 unspecified atom stereocenters. The smallest absolute Gasteiger partial charge is 0.270 e. The van der Waals surface area contributed by atoms with Gasteiger partial charge in [0.05, 0.1) is 23.2 Å². The Morgan fingerprint density at radius 3 is 2.79 bits per heavy atom. The third kappa shape index (κ3) is 2.88. The number of hydrogen-bond donors (Lipinski definition) is 0. The summed E-state index contributed by atoms with van der Waals surface area (Å²) in [6.07, 6.45) is 2.83. The molecule has 0 heterocycles. The van der Waals surface area contributed by atoms with Crippen molar-refractivity contribution in [2.45, 2.75) is 19.3 Å². The summed E-state index contributed by atoms with van der Waals surface area (Å²) in [5, 5.41) is 19.3. The van der Waals surface area contributed by atoms with Crippen molar-refractivity contribution >= 4 is 12.0 Å². The Morgan fingerprint density at radius 1 is 1.53 bits per heavy atom. The Morgan fingerprint density at radius 2 is 2.26 bits per heavy atom. The molecule has 0 aromatic heterocycles. The number of ether oxygens (including phenoxy) is 1. The molecule has 0 spiro atoms. The number of aldehydes is 1. The van der Waals surface area contributed by atoms with E-state index in [4.69, 9.17) is 10.00 Å². The first-order chi connectivity index (χ1) is 9.10. The van der Waals surface area contributed by atoms with Gasteiger partial charge in [-0.25, -0.2) is 0 Å². The van der Waals surface area contributed by atoms with Gasteiger partial charge in [0.1, 0.15) is 5.75 Å². The minimum absolute atomic E-state index is 0.101. The van der Waals surface area contributed by atoms with Crippen LogP contribution in [0.2, 0.25) is 0 Å². The Bertz CT molecular complexity index is 558. The van der Waals surface area contributed by atoms with Crippen LogP contribution in [0.5, 0.6) is 5.75 Å². The molecule has 0 N–H and O–H groups in total. The lowest BCUT2D eigenvalue weighted by atomic mass is 10.1. The minimum atomic E-state index is -0.561. The number of nitriles is 1. The molecule has 1 aliphatic rings. The molecule has 0 atom stereocenters. The second-order valence-electron chi connectivity index (χ2n) is 4.72. The third-order valence-corrected chi connectivity index (χ3v) is 3.28. The van der Waals surface area contributed by atoms with Gasteiger partial charge in [0.15, 0.2) is 6.29 Å². The van der Waals surface area contributed by atoms with E-state index in [1.165, 1.54) is 18.2 Å². The summed E-state index contributed by atoms with van der Waals surface area (Å²) in [4.78, 5) is 21.0. The maximum atomic E-state index is 10.9. The van der Waals surface area contributed by atoms with Gasteiger partial charge in [-0.2, -0.15) is 5.26 Å². The summed E-state index contributed by atoms with van der Waals surface area (Å²) in [7, 11) is 0. The molecule has 6 heteroatoms. The zero-order valence-electron chi connectivity index (χ0n) is 10.2. The number of hydrogen-bond acceptors (Lipinski definition) is 5. The van der Waals surface area contributed by atoms with Gasteiger partial charge in [-0.15, -0.1) is 0 Å². The zero-order chi connectivity index (χ0) is 13.9. The average molecular weight is 260 g/mol. The van der Waals surface area contributed by atoms with Gasteiger partial charge >= 0.3 is 0 Å². The van der Waals surface area contributed by atoms with Crippen molar-refractivity contribution in [3.05, 3.63) is 33.9 Å². The van der Waals surface area contributed by atoms with E-state index in [0.717, 1.165) is 12.8 Å². The average Bonchev–Trinajstić information content (AvgIpc) is 3.16. The number of carbonyl (C=O) groups is 1. The van der Waals surface area contributed by atoms with E-state index in [1.54, 1.807) is 0 Å². The first-order valence-electron chi connectivity index (χ1n) is 5.84. The summed E-state index contributed by atoms with van der Waals surface area (Å²) in [6, 6.07) is 6.03. The van der Waals surface area contributed by atoms with Gasteiger partial charge in [-0.3, -0.25) is 14.9 Å². The van der Waals surface area contributed by atoms with Crippen LogP contribution in [0.4, 0.5) is 5.69 Å². The fourth-order valence-electron chi connectivity index (χ4n) is 1.82. The van der Waals surface area contributed by atoms with Gasteiger partial charge in [-0.05, 0) is 18.9 Å². The van der Waals surface area contributed by atoms with Crippen molar-refractivity contribution in [2.75, 3.05) is 6.61 Å². The van der Waals surface area contributed by atoms with Crippen LogP contribution in [0.25, 0.3) is 0 Å². The largest absolute Gasteiger partial charge is 0.492 e. The first-order valence-corrected chi connectivity index (χ1v) is 5.84. The van der Waals surface area contributed by atoms with Gasteiger partial charge in [0.25, 0.3) is 5.69 Å². The molecule has 1 saturated carbocycles. The second kappa shape index (κ2) is 5.06. The monoisotopic (exact) mass is 260 g/mol. The Labute approximate surface area is 109 Å². The third-order valence-electron chi connectivity index (χ3n) is 3.28. The van der Waals surface area contributed by atoms with Gasteiger partial charge in [-0.1, -0.05) is 0 Å². The molecule has 1 aromatic carbocycles. The molecular formula is C13H12N2O4. The summed E-state index contributed by atoms with van der Waals surface area (Å²) >= 11 is 0. The molecule has 0 radical (unpaired) electrons. The lowest BCUT2D eigenvalue weighted by Gasteiger charge is -2.13. The van der Waals surface area contributed by atoms with E-state index in [1.807, 2.05) is 0 Å². The molecule has 0 amide bonds. The zero-order valence-corrected chi connectivity index (χ0v) is 10.2. The predicted molar refractivity (Wildman–Crippen MR) is 65.9 cm³/mol. The highest BCUT2D eigenvalue weighted by Crippen LogP contribution is 2.48. The molecule has 6 nitrogen and oxygen atoms in total. The Balaban J connectivity index is 2.10. The second-order valence-corrected chi connectivity index (χ2v) is 4.72. The van der Waals surface area contributed by atoms with Crippen molar-refractivity contribution < 1.29 is 14.5 Å². The normalized spacial score (nSPS) is 15.3. The summed E-state index contributed by atoms with van der Waals surface area (Å²) in [5.74, 6) is 0.324. The molecule has 98 valence electrons. The lowest BCUT2D eigenvalue weighted by molar-refractivity contribution is -0.384. The summed E-state index contributed by atoms with van der Waals surface area (Å²) in [6.45, 7) is 0.360. The fraction of sp³-hybridized carbons (Fsp3) is 0.385. The first kappa shape index (κ1) is 13.0. The van der Waals surface area contributed by atoms with Crippen LogP contribution in [-0.2, 0) is 0 Å². The number of non-ortho nitro benzene ring substituents is 1. The Kier molecular flexibility index (Phi) is 3.47. The van der Waals surface area contributed by atoms with Crippen LogP contribution >= 0.6 is 0 Å². The fourth-order valence-corrected chi connectivity index (χ4v) is 1.82. The summed E-state index contributed by atoms with van der Waals surface area (Å²) in [5.41, 5.74) is -0.0917. The highest BCUT2D eigenvalue weighted by atomic mass is 16.6. The van der Waals surface area contributed by atoms with Crippen LogP contribution < -0.4 is 4.74 Å². The number of nitrogens with zero attached hydrogens (tertiary/aromatic N) is 2. The number of carbonyl (C=O) groups excluding carboxylic acids is 1. The van der Waals surface area contributed by atoms with Crippen molar-refractivity contribution in [3.63, 3.8) is 0 Å². The van der Waals surface area contributed by atoms with Gasteiger partial charge in [0, 0.05) is 24.0 Å². The molecule has 0 saturated heterocycles. The van der Waals surface area contributed by atoms with Crippen molar-refractivity contribution in [2.24, 2.45) is 5.41 Å². The van der Waals surface area contributed by atoms with E-state index in [0.29, 0.717) is 25.1 Å². The highest BCUT2D eigenvalue weighted by Gasteiger charge is 2.43. The van der Waals surface area contributed by atoms with E-state index >= 15 is 0 Å². The molecule has 0 aliphatic heterocycles. The van der Waals surface area contributed by atoms with Crippen LogP contribution in [0.15, 0.2) is 18.2 Å². The minimum Gasteiger partial charge on any atom is -0.492 e.